The molecule has 0 aromatic heterocycles. The van der Waals surface area contributed by atoms with Crippen LogP contribution in [0.25, 0.3) is 0 Å². The number of hydrogen-bond donors (Lipinski definition) is 0. The van der Waals surface area contributed by atoms with Crippen LogP contribution in [0, 0.1) is 0 Å². The summed E-state index contributed by atoms with van der Waals surface area (Å²) in [6.45, 7) is 2.90. The topological polar surface area (TPSA) is 65.1 Å². The molecular weight excluding hydrogens is 433 g/mol. The highest BCUT2D eigenvalue weighted by Crippen LogP contribution is 2.52. The molecule has 8 heteroatoms. The van der Waals surface area contributed by atoms with Crippen molar-refractivity contribution in [1.29, 1.82) is 0 Å². The van der Waals surface area contributed by atoms with Gasteiger partial charge in [-0.1, -0.05) is 15.9 Å². The molecule has 1 heterocycles. The number of rotatable bonds is 6. The molecule has 1 aliphatic rings. The number of benzene rings is 2. The lowest BCUT2D eigenvalue weighted by Gasteiger charge is -2.34. The van der Waals surface area contributed by atoms with Crippen LogP contribution in [0.1, 0.15) is 13.3 Å². The Morgan fingerprint density at radius 2 is 1.78 bits per heavy atom. The molecule has 3 rings (SSSR count). The van der Waals surface area contributed by atoms with Crippen LogP contribution < -0.4 is 10.0 Å². The van der Waals surface area contributed by atoms with Crippen LogP contribution in [0.3, 0.4) is 0 Å². The van der Waals surface area contributed by atoms with Crippen LogP contribution in [0.5, 0.6) is 11.5 Å². The van der Waals surface area contributed by atoms with Gasteiger partial charge in [-0.05, 0) is 61.9 Å². The average Bonchev–Trinajstić information content (AvgIpc) is 2.66. The first-order valence-corrected chi connectivity index (χ1v) is 11.1. The molecule has 1 unspecified atom stereocenters. The van der Waals surface area contributed by atoms with Crippen LogP contribution >= 0.6 is 23.4 Å². The zero-order chi connectivity index (χ0) is 19.3. The Morgan fingerprint density at radius 1 is 1.15 bits per heavy atom. The van der Waals surface area contributed by atoms with E-state index in [0.717, 1.165) is 4.47 Å². The lowest BCUT2D eigenvalue weighted by molar-refractivity contribution is -0.143. The lowest BCUT2D eigenvalue weighted by atomic mass is 10.3. The molecule has 6 nitrogen and oxygen atoms in total. The van der Waals surface area contributed by atoms with Crippen molar-refractivity contribution in [3.05, 3.63) is 53.0 Å². The largest absolute Gasteiger partial charge is 0.465 e. The molecule has 1 aliphatic heterocycles. The van der Waals surface area contributed by atoms with Crippen molar-refractivity contribution in [1.82, 2.24) is 4.67 Å². The molecule has 1 atom stereocenters. The van der Waals surface area contributed by atoms with Gasteiger partial charge < -0.3 is 14.0 Å². The van der Waals surface area contributed by atoms with Crippen molar-refractivity contribution >= 4 is 34.7 Å². The fourth-order valence-corrected chi connectivity index (χ4v) is 5.27. The molecule has 0 spiro atoms. The quantitative estimate of drug-likeness (QED) is 0.478. The average molecular weight is 454 g/mol. The molecule has 0 N–H and O–H groups in total. The van der Waals surface area contributed by atoms with Crippen molar-refractivity contribution in [2.24, 2.45) is 0 Å². The number of carbonyl (C=O) groups excluding carboxylic acids is 1. The standard InChI is InChI=1S/C19H21BrNO5P/c1-2-24-19(22)14-21-12-3-13-25-27(21,23)18-10-8-17(9-11-18)26-16-6-4-15(20)5-7-16/h4-11H,2-3,12-14H2,1H3. The molecule has 1 saturated heterocycles. The normalized spacial score (nSPS) is 20.2. The zero-order valence-electron chi connectivity index (χ0n) is 15.0. The van der Waals surface area contributed by atoms with Gasteiger partial charge in [0.15, 0.2) is 0 Å². The monoisotopic (exact) mass is 453 g/mol. The SMILES string of the molecule is CCOC(=O)CN1CCCOP1(=O)c1ccc(Oc2ccc(Br)cc2)cc1. The molecule has 0 radical (unpaired) electrons. The van der Waals surface area contributed by atoms with Gasteiger partial charge >= 0.3 is 13.5 Å². The van der Waals surface area contributed by atoms with E-state index in [2.05, 4.69) is 15.9 Å². The third-order valence-corrected chi connectivity index (χ3v) is 7.13. The first-order chi connectivity index (χ1) is 13.0. The molecule has 2 aromatic carbocycles. The summed E-state index contributed by atoms with van der Waals surface area (Å²) in [5.74, 6) is 0.926. The summed E-state index contributed by atoms with van der Waals surface area (Å²) in [4.78, 5) is 11.8. The van der Waals surface area contributed by atoms with E-state index in [1.54, 1.807) is 35.9 Å². The second-order valence-corrected chi connectivity index (χ2v) is 9.25. The van der Waals surface area contributed by atoms with Crippen LogP contribution in [0.4, 0.5) is 0 Å². The first-order valence-electron chi connectivity index (χ1n) is 8.71. The van der Waals surface area contributed by atoms with E-state index in [9.17, 15) is 9.36 Å². The summed E-state index contributed by atoms with van der Waals surface area (Å²) < 4.78 is 32.4. The molecule has 0 amide bonds. The predicted octanol–water partition coefficient (Wildman–Crippen LogP) is 4.35. The van der Waals surface area contributed by atoms with E-state index in [-0.39, 0.29) is 6.54 Å². The molecular formula is C19H21BrNO5P. The van der Waals surface area contributed by atoms with Gasteiger partial charge in [0.2, 0.25) is 0 Å². The molecule has 144 valence electrons. The summed E-state index contributed by atoms with van der Waals surface area (Å²) in [6, 6.07) is 14.4. The van der Waals surface area contributed by atoms with Crippen molar-refractivity contribution < 1.29 is 23.4 Å². The summed E-state index contributed by atoms with van der Waals surface area (Å²) in [5.41, 5.74) is 0. The number of hydrogen-bond acceptors (Lipinski definition) is 5. The van der Waals surface area contributed by atoms with E-state index in [4.69, 9.17) is 14.0 Å². The summed E-state index contributed by atoms with van der Waals surface area (Å²) in [6.07, 6.45) is 0.716. The Morgan fingerprint density at radius 3 is 2.41 bits per heavy atom. The highest BCUT2D eigenvalue weighted by atomic mass is 79.9. The van der Waals surface area contributed by atoms with Gasteiger partial charge in [-0.25, -0.2) is 4.67 Å². The van der Waals surface area contributed by atoms with Gasteiger partial charge in [0.1, 0.15) is 18.0 Å². The summed E-state index contributed by atoms with van der Waals surface area (Å²) in [5, 5.41) is 0.537. The number of ether oxygens (including phenoxy) is 2. The van der Waals surface area contributed by atoms with E-state index in [1.165, 1.54) is 0 Å². The Balaban J connectivity index is 1.75. The van der Waals surface area contributed by atoms with Crippen molar-refractivity contribution in [2.75, 3.05) is 26.3 Å². The maximum absolute atomic E-state index is 13.5. The van der Waals surface area contributed by atoms with Crippen LogP contribution in [-0.4, -0.2) is 36.9 Å². The molecule has 2 aromatic rings. The van der Waals surface area contributed by atoms with Crippen LogP contribution in [0.2, 0.25) is 0 Å². The molecule has 0 saturated carbocycles. The van der Waals surface area contributed by atoms with Crippen LogP contribution in [0.15, 0.2) is 53.0 Å². The van der Waals surface area contributed by atoms with Gasteiger partial charge in [0.05, 0.1) is 18.5 Å². The third kappa shape index (κ3) is 4.99. The number of halogens is 1. The van der Waals surface area contributed by atoms with Crippen molar-refractivity contribution in [2.45, 2.75) is 13.3 Å². The predicted molar refractivity (Wildman–Crippen MR) is 107 cm³/mol. The second-order valence-electron chi connectivity index (χ2n) is 5.95. The van der Waals surface area contributed by atoms with Gasteiger partial charge in [0.25, 0.3) is 0 Å². The Kier molecular flexibility index (Phi) is 6.71. The third-order valence-electron chi connectivity index (χ3n) is 4.03. The fraction of sp³-hybridized carbons (Fsp3) is 0.316. The van der Waals surface area contributed by atoms with E-state index >= 15 is 0 Å². The maximum atomic E-state index is 13.5. The Bertz CT molecular complexity index is 825. The van der Waals surface area contributed by atoms with Crippen molar-refractivity contribution in [3.63, 3.8) is 0 Å². The molecule has 1 fully saturated rings. The minimum atomic E-state index is -3.29. The minimum absolute atomic E-state index is 0.0533. The maximum Gasteiger partial charge on any atom is 0.320 e. The van der Waals surface area contributed by atoms with Gasteiger partial charge in [-0.3, -0.25) is 9.36 Å². The molecule has 0 bridgehead atoms. The van der Waals surface area contributed by atoms with E-state index in [1.807, 2.05) is 24.3 Å². The van der Waals surface area contributed by atoms with Gasteiger partial charge in [0, 0.05) is 11.0 Å². The number of carbonyl (C=O) groups is 1. The highest BCUT2D eigenvalue weighted by Gasteiger charge is 2.38. The van der Waals surface area contributed by atoms with E-state index < -0.39 is 13.5 Å². The fourth-order valence-electron chi connectivity index (χ4n) is 2.76. The van der Waals surface area contributed by atoms with E-state index in [0.29, 0.717) is 43.0 Å². The van der Waals surface area contributed by atoms with Gasteiger partial charge in [-0.15, -0.1) is 0 Å². The minimum Gasteiger partial charge on any atom is -0.465 e. The van der Waals surface area contributed by atoms with Crippen LogP contribution in [-0.2, 0) is 18.6 Å². The molecule has 0 aliphatic carbocycles. The second kappa shape index (κ2) is 9.02. The lowest BCUT2D eigenvalue weighted by Crippen LogP contribution is -2.37. The number of esters is 1. The summed E-state index contributed by atoms with van der Waals surface area (Å²) in [7, 11) is -3.29. The summed E-state index contributed by atoms with van der Waals surface area (Å²) >= 11 is 3.38. The molecule has 27 heavy (non-hydrogen) atoms. The van der Waals surface area contributed by atoms with Gasteiger partial charge in [-0.2, -0.15) is 0 Å². The van der Waals surface area contributed by atoms with Crippen molar-refractivity contribution in [3.8, 4) is 11.5 Å². The highest BCUT2D eigenvalue weighted by molar-refractivity contribution is 9.10. The zero-order valence-corrected chi connectivity index (χ0v) is 17.4. The Hall–Kier alpha value is -1.66. The Labute approximate surface area is 167 Å². The number of nitrogens with zero attached hydrogens (tertiary/aromatic N) is 1. The smallest absolute Gasteiger partial charge is 0.320 e. The first kappa shape index (κ1) is 20.1.